The molecule has 1 unspecified atom stereocenters. The van der Waals surface area contributed by atoms with E-state index >= 15 is 0 Å². The molecule has 31 heavy (non-hydrogen) atoms. The lowest BCUT2D eigenvalue weighted by atomic mass is 9.94. The van der Waals surface area contributed by atoms with E-state index in [1.54, 1.807) is 60.7 Å². The minimum absolute atomic E-state index is 0.223. The number of thiophene rings is 1. The van der Waals surface area contributed by atoms with Crippen molar-refractivity contribution in [2.24, 2.45) is 5.41 Å². The van der Waals surface area contributed by atoms with E-state index in [2.05, 4.69) is 15.4 Å². The summed E-state index contributed by atoms with van der Waals surface area (Å²) in [6.07, 6.45) is 0. The number of anilines is 3. The summed E-state index contributed by atoms with van der Waals surface area (Å²) in [4.78, 5) is 25.3. The Hall–Kier alpha value is -3.04. The molecule has 0 saturated heterocycles. The zero-order chi connectivity index (χ0) is 22.4. The predicted molar refractivity (Wildman–Crippen MR) is 124 cm³/mol. The lowest BCUT2D eigenvalue weighted by Crippen LogP contribution is -2.32. The van der Waals surface area contributed by atoms with Gasteiger partial charge in [-0.05, 0) is 67.8 Å². The van der Waals surface area contributed by atoms with Crippen LogP contribution in [0.5, 0.6) is 0 Å². The van der Waals surface area contributed by atoms with Crippen LogP contribution in [0.2, 0.25) is 0 Å². The molecule has 0 aliphatic heterocycles. The normalized spacial score (nSPS) is 12.1. The summed E-state index contributed by atoms with van der Waals surface area (Å²) in [5, 5.41) is 7.27. The smallest absolute Gasteiger partial charge is 0.265 e. The van der Waals surface area contributed by atoms with Crippen molar-refractivity contribution in [2.45, 2.75) is 18.7 Å². The van der Waals surface area contributed by atoms with Gasteiger partial charge in [0.2, 0.25) is 5.91 Å². The standard InChI is InChI=1S/C22H22FN3O3S2/c1-22(2,14-23)21(28)25-15-8-10-16(11-9-15)26-31(29)18-6-3-5-17(13-18)24-20(27)19-7-4-12-30-19/h3-13,26H,14H2,1-2H3,(H,24,27)(H,25,28). The lowest BCUT2D eigenvalue weighted by Gasteiger charge is -2.19. The van der Waals surface area contributed by atoms with Crippen molar-refractivity contribution >= 4 is 51.2 Å². The zero-order valence-electron chi connectivity index (χ0n) is 17.0. The summed E-state index contributed by atoms with van der Waals surface area (Å²) >= 11 is 1.34. The molecule has 1 heterocycles. The fourth-order valence-corrected chi connectivity index (χ4v) is 3.96. The summed E-state index contributed by atoms with van der Waals surface area (Å²) in [6, 6.07) is 16.9. The Balaban J connectivity index is 1.62. The number of hydrogen-bond acceptors (Lipinski definition) is 4. The third-order valence-electron chi connectivity index (χ3n) is 4.35. The number of hydrogen-bond donors (Lipinski definition) is 3. The number of amides is 2. The van der Waals surface area contributed by atoms with E-state index < -0.39 is 29.0 Å². The molecular formula is C22H22FN3O3S2. The minimum atomic E-state index is -1.56. The first kappa shape index (κ1) is 22.6. The van der Waals surface area contributed by atoms with Crippen LogP contribution in [0.3, 0.4) is 0 Å². The van der Waals surface area contributed by atoms with Gasteiger partial charge in [0.15, 0.2) is 0 Å². The second kappa shape index (κ2) is 9.84. The number of benzene rings is 2. The van der Waals surface area contributed by atoms with E-state index in [0.717, 1.165) is 0 Å². The molecule has 1 aromatic heterocycles. The Morgan fingerprint density at radius 3 is 2.32 bits per heavy atom. The largest absolute Gasteiger partial charge is 0.326 e. The Morgan fingerprint density at radius 1 is 0.968 bits per heavy atom. The number of rotatable bonds is 8. The van der Waals surface area contributed by atoms with Gasteiger partial charge in [0.25, 0.3) is 5.91 Å². The maximum atomic E-state index is 12.9. The minimum Gasteiger partial charge on any atom is -0.326 e. The van der Waals surface area contributed by atoms with Crippen molar-refractivity contribution in [3.8, 4) is 0 Å². The summed E-state index contributed by atoms with van der Waals surface area (Å²) in [5.41, 5.74) is 0.525. The maximum Gasteiger partial charge on any atom is 0.265 e. The molecule has 0 bridgehead atoms. The predicted octanol–water partition coefficient (Wildman–Crippen LogP) is 5.07. The van der Waals surface area contributed by atoms with Gasteiger partial charge in [-0.25, -0.2) is 8.60 Å². The first-order chi connectivity index (χ1) is 14.8. The molecule has 3 rings (SSSR count). The van der Waals surface area contributed by atoms with Gasteiger partial charge in [-0.15, -0.1) is 11.3 Å². The van der Waals surface area contributed by atoms with Crippen LogP contribution in [-0.2, 0) is 15.8 Å². The van der Waals surface area contributed by atoms with Crippen molar-refractivity contribution in [1.82, 2.24) is 0 Å². The van der Waals surface area contributed by atoms with E-state index in [1.165, 1.54) is 25.2 Å². The average Bonchev–Trinajstić information content (AvgIpc) is 3.30. The van der Waals surface area contributed by atoms with Gasteiger partial charge in [-0.2, -0.15) is 0 Å². The van der Waals surface area contributed by atoms with Crippen LogP contribution in [0, 0.1) is 5.41 Å². The summed E-state index contributed by atoms with van der Waals surface area (Å²) in [7, 11) is -1.56. The van der Waals surface area contributed by atoms with Gasteiger partial charge >= 0.3 is 0 Å². The highest BCUT2D eigenvalue weighted by Gasteiger charge is 2.27. The molecule has 2 aromatic carbocycles. The highest BCUT2D eigenvalue weighted by atomic mass is 32.2. The Kier molecular flexibility index (Phi) is 7.19. The second-order valence-electron chi connectivity index (χ2n) is 7.38. The molecule has 3 aromatic rings. The van der Waals surface area contributed by atoms with E-state index in [0.29, 0.717) is 26.8 Å². The molecule has 0 fully saturated rings. The molecule has 2 amide bonds. The molecule has 162 valence electrons. The summed E-state index contributed by atoms with van der Waals surface area (Å²) < 4.78 is 28.5. The molecule has 0 aliphatic carbocycles. The maximum absolute atomic E-state index is 12.9. The van der Waals surface area contributed by atoms with Gasteiger partial charge < -0.3 is 15.4 Å². The number of carbonyl (C=O) groups excluding carboxylic acids is 2. The number of alkyl halides is 1. The first-order valence-corrected chi connectivity index (χ1v) is 11.4. The highest BCUT2D eigenvalue weighted by molar-refractivity contribution is 7.86. The zero-order valence-corrected chi connectivity index (χ0v) is 18.6. The quantitative estimate of drug-likeness (QED) is 0.440. The Labute approximate surface area is 186 Å². The van der Waals surface area contributed by atoms with Crippen LogP contribution in [0.15, 0.2) is 70.9 Å². The average molecular weight is 460 g/mol. The molecule has 0 spiro atoms. The van der Waals surface area contributed by atoms with Gasteiger partial charge in [0, 0.05) is 17.1 Å². The van der Waals surface area contributed by atoms with Crippen molar-refractivity contribution in [3.05, 3.63) is 70.9 Å². The van der Waals surface area contributed by atoms with Gasteiger partial charge in [-0.1, -0.05) is 12.1 Å². The van der Waals surface area contributed by atoms with E-state index in [-0.39, 0.29) is 5.91 Å². The van der Waals surface area contributed by atoms with Crippen LogP contribution in [0.4, 0.5) is 21.5 Å². The van der Waals surface area contributed by atoms with Crippen LogP contribution < -0.4 is 15.4 Å². The molecule has 0 aliphatic rings. The van der Waals surface area contributed by atoms with E-state index in [1.807, 2.05) is 5.38 Å². The third kappa shape index (κ3) is 5.99. The van der Waals surface area contributed by atoms with Gasteiger partial charge in [-0.3, -0.25) is 9.59 Å². The fraction of sp³-hybridized carbons (Fsp3) is 0.182. The van der Waals surface area contributed by atoms with E-state index in [9.17, 15) is 18.2 Å². The Morgan fingerprint density at radius 2 is 1.68 bits per heavy atom. The van der Waals surface area contributed by atoms with Crippen LogP contribution in [-0.4, -0.2) is 22.7 Å². The third-order valence-corrected chi connectivity index (χ3v) is 6.32. The number of halogens is 1. The number of nitrogens with one attached hydrogen (secondary N) is 3. The van der Waals surface area contributed by atoms with Gasteiger partial charge in [0.1, 0.15) is 17.7 Å². The summed E-state index contributed by atoms with van der Waals surface area (Å²) in [5.74, 6) is -0.639. The monoisotopic (exact) mass is 459 g/mol. The topological polar surface area (TPSA) is 87.3 Å². The van der Waals surface area contributed by atoms with Crippen molar-refractivity contribution in [3.63, 3.8) is 0 Å². The SMILES string of the molecule is CC(C)(CF)C(=O)Nc1ccc(NS(=O)c2cccc(NC(=O)c3cccs3)c2)cc1. The first-order valence-electron chi connectivity index (χ1n) is 9.39. The van der Waals surface area contributed by atoms with Crippen molar-refractivity contribution < 1.29 is 18.2 Å². The molecule has 6 nitrogen and oxygen atoms in total. The fourth-order valence-electron chi connectivity index (χ4n) is 2.44. The molecular weight excluding hydrogens is 437 g/mol. The summed E-state index contributed by atoms with van der Waals surface area (Å²) in [6.45, 7) is 2.29. The van der Waals surface area contributed by atoms with Crippen LogP contribution in [0.1, 0.15) is 23.5 Å². The van der Waals surface area contributed by atoms with Crippen molar-refractivity contribution in [1.29, 1.82) is 0 Å². The molecule has 0 saturated carbocycles. The second-order valence-corrected chi connectivity index (χ2v) is 9.54. The Bertz CT molecular complexity index is 1080. The molecule has 1 atom stereocenters. The number of carbonyl (C=O) groups is 2. The highest BCUT2D eigenvalue weighted by Crippen LogP contribution is 2.22. The molecule has 9 heteroatoms. The van der Waals surface area contributed by atoms with E-state index in [4.69, 9.17) is 0 Å². The van der Waals surface area contributed by atoms with Crippen LogP contribution in [0.25, 0.3) is 0 Å². The van der Waals surface area contributed by atoms with Crippen LogP contribution >= 0.6 is 11.3 Å². The molecule has 0 radical (unpaired) electrons. The molecule has 3 N–H and O–H groups in total. The van der Waals surface area contributed by atoms with Crippen molar-refractivity contribution in [2.75, 3.05) is 22.0 Å². The van der Waals surface area contributed by atoms with Gasteiger partial charge in [0.05, 0.1) is 15.2 Å². The lowest BCUT2D eigenvalue weighted by molar-refractivity contribution is -0.124.